The van der Waals surface area contributed by atoms with Crippen molar-refractivity contribution in [2.75, 3.05) is 6.54 Å². The van der Waals surface area contributed by atoms with Gasteiger partial charge in [-0.05, 0) is 36.9 Å². The van der Waals surface area contributed by atoms with E-state index in [-0.39, 0.29) is 0 Å². The van der Waals surface area contributed by atoms with E-state index in [1.165, 1.54) is 5.56 Å². The summed E-state index contributed by atoms with van der Waals surface area (Å²) in [7, 11) is 0. The van der Waals surface area contributed by atoms with Gasteiger partial charge in [0.05, 0.1) is 4.88 Å². The average molecular weight is 223 g/mol. The van der Waals surface area contributed by atoms with Crippen LogP contribution in [-0.2, 0) is 6.42 Å². The summed E-state index contributed by atoms with van der Waals surface area (Å²) < 4.78 is 5.54. The molecule has 0 aromatic carbocycles. The SMILES string of the molecule is Cc1ccsc1-c1nnc(CCCN)o1. The number of aromatic nitrogens is 2. The van der Waals surface area contributed by atoms with E-state index >= 15 is 0 Å². The molecule has 0 fully saturated rings. The van der Waals surface area contributed by atoms with Gasteiger partial charge in [0.25, 0.3) is 5.89 Å². The van der Waals surface area contributed by atoms with Gasteiger partial charge >= 0.3 is 0 Å². The smallest absolute Gasteiger partial charge is 0.257 e. The van der Waals surface area contributed by atoms with Crippen LogP contribution >= 0.6 is 11.3 Å². The fourth-order valence-electron chi connectivity index (χ4n) is 1.29. The van der Waals surface area contributed by atoms with Gasteiger partial charge < -0.3 is 10.2 Å². The Hall–Kier alpha value is -1.20. The van der Waals surface area contributed by atoms with Crippen molar-refractivity contribution in [3.8, 4) is 10.8 Å². The molecule has 0 aliphatic rings. The second-order valence-electron chi connectivity index (χ2n) is 3.33. The molecule has 15 heavy (non-hydrogen) atoms. The first-order valence-corrected chi connectivity index (χ1v) is 5.76. The summed E-state index contributed by atoms with van der Waals surface area (Å²) >= 11 is 1.62. The predicted molar refractivity (Wildman–Crippen MR) is 59.7 cm³/mol. The van der Waals surface area contributed by atoms with Crippen LogP contribution in [0.4, 0.5) is 0 Å². The Morgan fingerprint density at radius 3 is 3.00 bits per heavy atom. The minimum absolute atomic E-state index is 0.620. The van der Waals surface area contributed by atoms with Gasteiger partial charge in [-0.2, -0.15) is 0 Å². The van der Waals surface area contributed by atoms with E-state index in [4.69, 9.17) is 10.2 Å². The third-order valence-corrected chi connectivity index (χ3v) is 3.12. The molecule has 0 saturated heterocycles. The Labute approximate surface area is 92.1 Å². The summed E-state index contributed by atoms with van der Waals surface area (Å²) in [5.74, 6) is 1.29. The number of hydrogen-bond acceptors (Lipinski definition) is 5. The molecule has 0 saturated carbocycles. The number of thiophene rings is 1. The number of nitrogens with two attached hydrogens (primary N) is 1. The van der Waals surface area contributed by atoms with Crippen molar-refractivity contribution in [3.63, 3.8) is 0 Å². The van der Waals surface area contributed by atoms with Crippen molar-refractivity contribution in [3.05, 3.63) is 22.9 Å². The molecule has 2 rings (SSSR count). The molecule has 0 spiro atoms. The lowest BCUT2D eigenvalue weighted by Crippen LogP contribution is -2.00. The Kier molecular flexibility index (Phi) is 3.13. The van der Waals surface area contributed by atoms with E-state index in [9.17, 15) is 0 Å². The largest absolute Gasteiger partial charge is 0.420 e. The van der Waals surface area contributed by atoms with Crippen LogP contribution in [0.25, 0.3) is 10.8 Å². The molecule has 2 aromatic rings. The highest BCUT2D eigenvalue weighted by atomic mass is 32.1. The topological polar surface area (TPSA) is 64.9 Å². The van der Waals surface area contributed by atoms with Crippen LogP contribution in [0.2, 0.25) is 0 Å². The predicted octanol–water partition coefficient (Wildman–Crippen LogP) is 2.00. The van der Waals surface area contributed by atoms with Crippen molar-refractivity contribution in [2.24, 2.45) is 5.73 Å². The Balaban J connectivity index is 2.17. The van der Waals surface area contributed by atoms with Gasteiger partial charge in [-0.15, -0.1) is 21.5 Å². The third-order valence-electron chi connectivity index (χ3n) is 2.12. The maximum Gasteiger partial charge on any atom is 0.257 e. The second kappa shape index (κ2) is 4.55. The van der Waals surface area contributed by atoms with Gasteiger partial charge in [0.15, 0.2) is 0 Å². The van der Waals surface area contributed by atoms with Crippen LogP contribution in [0.5, 0.6) is 0 Å². The Bertz CT molecular complexity index is 435. The van der Waals surface area contributed by atoms with E-state index in [2.05, 4.69) is 10.2 Å². The molecule has 2 N–H and O–H groups in total. The lowest BCUT2D eigenvalue weighted by atomic mass is 10.3. The standard InChI is InChI=1S/C10H13N3OS/c1-7-4-6-15-9(7)10-13-12-8(14-10)3-2-5-11/h4,6H,2-3,5,11H2,1H3. The first-order valence-electron chi connectivity index (χ1n) is 4.88. The zero-order valence-corrected chi connectivity index (χ0v) is 9.38. The number of hydrogen-bond donors (Lipinski definition) is 1. The summed E-state index contributed by atoms with van der Waals surface area (Å²) in [6, 6.07) is 2.05. The Morgan fingerprint density at radius 2 is 2.33 bits per heavy atom. The molecule has 0 amide bonds. The molecular weight excluding hydrogens is 210 g/mol. The monoisotopic (exact) mass is 223 g/mol. The first-order chi connectivity index (χ1) is 7.31. The van der Waals surface area contributed by atoms with E-state index in [1.54, 1.807) is 11.3 Å². The second-order valence-corrected chi connectivity index (χ2v) is 4.24. The highest BCUT2D eigenvalue weighted by Crippen LogP contribution is 2.27. The fourth-order valence-corrected chi connectivity index (χ4v) is 2.14. The highest BCUT2D eigenvalue weighted by Gasteiger charge is 2.11. The number of nitrogens with zero attached hydrogens (tertiary/aromatic N) is 2. The van der Waals surface area contributed by atoms with Crippen LogP contribution in [0.3, 0.4) is 0 Å². The van der Waals surface area contributed by atoms with Gasteiger partial charge in [-0.3, -0.25) is 0 Å². The van der Waals surface area contributed by atoms with Gasteiger partial charge in [0.2, 0.25) is 5.89 Å². The molecule has 0 bridgehead atoms. The van der Waals surface area contributed by atoms with Gasteiger partial charge in [-0.25, -0.2) is 0 Å². The average Bonchev–Trinajstić information content (AvgIpc) is 2.83. The third kappa shape index (κ3) is 2.24. The fraction of sp³-hybridized carbons (Fsp3) is 0.400. The zero-order chi connectivity index (χ0) is 10.7. The van der Waals surface area contributed by atoms with E-state index in [0.717, 1.165) is 17.7 Å². The zero-order valence-electron chi connectivity index (χ0n) is 8.56. The van der Waals surface area contributed by atoms with E-state index in [0.29, 0.717) is 18.3 Å². The van der Waals surface area contributed by atoms with Crippen molar-refractivity contribution in [2.45, 2.75) is 19.8 Å². The first kappa shape index (κ1) is 10.3. The molecule has 0 atom stereocenters. The normalized spacial score (nSPS) is 10.8. The summed E-state index contributed by atoms with van der Waals surface area (Å²) in [5, 5.41) is 10.0. The molecule has 0 radical (unpaired) electrons. The number of rotatable bonds is 4. The maximum absolute atomic E-state index is 5.54. The van der Waals surface area contributed by atoms with Crippen LogP contribution in [0.15, 0.2) is 15.9 Å². The minimum atomic E-state index is 0.620. The summed E-state index contributed by atoms with van der Waals surface area (Å²) in [6.07, 6.45) is 1.64. The summed E-state index contributed by atoms with van der Waals surface area (Å²) in [5.41, 5.74) is 6.59. The van der Waals surface area contributed by atoms with E-state index in [1.807, 2.05) is 18.4 Å². The van der Waals surface area contributed by atoms with Gasteiger partial charge in [0.1, 0.15) is 0 Å². The quantitative estimate of drug-likeness (QED) is 0.861. The van der Waals surface area contributed by atoms with Crippen molar-refractivity contribution in [1.82, 2.24) is 10.2 Å². The molecule has 5 heteroatoms. The van der Waals surface area contributed by atoms with Crippen molar-refractivity contribution < 1.29 is 4.42 Å². The summed E-state index contributed by atoms with van der Waals surface area (Å²) in [4.78, 5) is 1.06. The molecule has 2 aromatic heterocycles. The highest BCUT2D eigenvalue weighted by molar-refractivity contribution is 7.13. The lowest BCUT2D eigenvalue weighted by molar-refractivity contribution is 0.499. The molecule has 80 valence electrons. The molecule has 0 aliphatic carbocycles. The van der Waals surface area contributed by atoms with Crippen LogP contribution < -0.4 is 5.73 Å². The molecule has 4 nitrogen and oxygen atoms in total. The van der Waals surface area contributed by atoms with Crippen molar-refractivity contribution in [1.29, 1.82) is 0 Å². The van der Waals surface area contributed by atoms with Crippen LogP contribution in [0.1, 0.15) is 17.9 Å². The maximum atomic E-state index is 5.54. The van der Waals surface area contributed by atoms with Crippen molar-refractivity contribution >= 4 is 11.3 Å². The number of aryl methyl sites for hydroxylation is 2. The minimum Gasteiger partial charge on any atom is -0.420 e. The van der Waals surface area contributed by atoms with E-state index < -0.39 is 0 Å². The molecule has 0 unspecified atom stereocenters. The van der Waals surface area contributed by atoms with Gasteiger partial charge in [-0.1, -0.05) is 0 Å². The molecule has 2 heterocycles. The van der Waals surface area contributed by atoms with Crippen LogP contribution in [-0.4, -0.2) is 16.7 Å². The Morgan fingerprint density at radius 1 is 1.47 bits per heavy atom. The molecule has 0 aliphatic heterocycles. The lowest BCUT2D eigenvalue weighted by Gasteiger charge is -1.91. The van der Waals surface area contributed by atoms with Gasteiger partial charge in [0, 0.05) is 6.42 Å². The summed E-state index contributed by atoms with van der Waals surface area (Å²) in [6.45, 7) is 2.69. The molecular formula is C10H13N3OS. The van der Waals surface area contributed by atoms with Crippen LogP contribution in [0, 0.1) is 6.92 Å².